The van der Waals surface area contributed by atoms with Gasteiger partial charge in [-0.05, 0) is 19.8 Å². The van der Waals surface area contributed by atoms with Crippen LogP contribution < -0.4 is 10.6 Å². The topological polar surface area (TPSA) is 75.3 Å². The van der Waals surface area contributed by atoms with Crippen molar-refractivity contribution in [3.63, 3.8) is 0 Å². The molecular formula is C8H16N2O3S. The number of sulfone groups is 1. The van der Waals surface area contributed by atoms with Crippen molar-refractivity contribution < 1.29 is 13.2 Å². The first-order chi connectivity index (χ1) is 6.37. The van der Waals surface area contributed by atoms with Gasteiger partial charge in [0.05, 0.1) is 5.75 Å². The van der Waals surface area contributed by atoms with E-state index in [9.17, 15) is 13.2 Å². The van der Waals surface area contributed by atoms with Gasteiger partial charge in [-0.25, -0.2) is 13.2 Å². The largest absolute Gasteiger partial charge is 0.335 e. The van der Waals surface area contributed by atoms with Crippen LogP contribution in [0.25, 0.3) is 0 Å². The van der Waals surface area contributed by atoms with Gasteiger partial charge in [0.1, 0.15) is 9.84 Å². The van der Waals surface area contributed by atoms with Crippen molar-refractivity contribution in [2.75, 3.05) is 12.0 Å². The van der Waals surface area contributed by atoms with Gasteiger partial charge in [0.15, 0.2) is 0 Å². The molecule has 0 heterocycles. The van der Waals surface area contributed by atoms with Crippen LogP contribution in [0.5, 0.6) is 0 Å². The first-order valence-electron chi connectivity index (χ1n) is 4.61. The van der Waals surface area contributed by atoms with E-state index in [4.69, 9.17) is 0 Å². The molecule has 1 aliphatic rings. The average molecular weight is 220 g/mol. The summed E-state index contributed by atoms with van der Waals surface area (Å²) in [7, 11) is -3.02. The van der Waals surface area contributed by atoms with E-state index < -0.39 is 9.84 Å². The van der Waals surface area contributed by atoms with Gasteiger partial charge in [-0.3, -0.25) is 0 Å². The van der Waals surface area contributed by atoms with Crippen molar-refractivity contribution in [1.29, 1.82) is 0 Å². The fraction of sp³-hybridized carbons (Fsp3) is 0.875. The molecule has 0 aromatic carbocycles. The Morgan fingerprint density at radius 1 is 1.50 bits per heavy atom. The number of nitrogens with one attached hydrogen (secondary N) is 2. The first kappa shape index (κ1) is 11.3. The van der Waals surface area contributed by atoms with Crippen molar-refractivity contribution >= 4 is 15.9 Å². The Morgan fingerprint density at radius 2 is 2.07 bits per heavy atom. The fourth-order valence-electron chi connectivity index (χ4n) is 1.17. The highest BCUT2D eigenvalue weighted by atomic mass is 32.2. The molecule has 0 spiro atoms. The number of urea groups is 1. The van der Waals surface area contributed by atoms with Crippen LogP contribution in [0.1, 0.15) is 19.8 Å². The van der Waals surface area contributed by atoms with E-state index in [1.54, 1.807) is 6.92 Å². The molecule has 1 fully saturated rings. The molecule has 2 N–H and O–H groups in total. The van der Waals surface area contributed by atoms with Gasteiger partial charge >= 0.3 is 6.03 Å². The third-order valence-electron chi connectivity index (χ3n) is 1.84. The van der Waals surface area contributed by atoms with E-state index >= 15 is 0 Å². The Hall–Kier alpha value is -0.780. The molecule has 2 amide bonds. The average Bonchev–Trinajstić information content (AvgIpc) is 2.64. The van der Waals surface area contributed by atoms with E-state index in [0.717, 1.165) is 19.1 Å². The maximum atomic E-state index is 11.2. The molecule has 1 unspecified atom stereocenters. The predicted molar refractivity (Wildman–Crippen MR) is 53.9 cm³/mol. The Kier molecular flexibility index (Phi) is 3.36. The second kappa shape index (κ2) is 4.16. The van der Waals surface area contributed by atoms with Crippen LogP contribution in [0.2, 0.25) is 0 Å². The number of carbonyl (C=O) groups is 1. The second-order valence-electron chi connectivity index (χ2n) is 3.89. The quantitative estimate of drug-likeness (QED) is 0.693. The molecule has 6 heteroatoms. The molecule has 14 heavy (non-hydrogen) atoms. The van der Waals surface area contributed by atoms with Crippen LogP contribution in [0.3, 0.4) is 0 Å². The number of amides is 2. The van der Waals surface area contributed by atoms with Crippen LogP contribution >= 0.6 is 0 Å². The minimum Gasteiger partial charge on any atom is -0.335 e. The Morgan fingerprint density at radius 3 is 2.50 bits per heavy atom. The second-order valence-corrected chi connectivity index (χ2v) is 6.07. The minimum absolute atomic E-state index is 0.0227. The van der Waals surface area contributed by atoms with Crippen molar-refractivity contribution in [1.82, 2.24) is 10.6 Å². The summed E-state index contributed by atoms with van der Waals surface area (Å²) in [5.74, 6) is -0.0227. The van der Waals surface area contributed by atoms with E-state index in [0.29, 0.717) is 6.04 Å². The van der Waals surface area contributed by atoms with Crippen molar-refractivity contribution in [3.05, 3.63) is 0 Å². The summed E-state index contributed by atoms with van der Waals surface area (Å²) in [6, 6.07) is -0.326. The summed E-state index contributed by atoms with van der Waals surface area (Å²) in [4.78, 5) is 11.2. The van der Waals surface area contributed by atoms with E-state index in [-0.39, 0.29) is 17.8 Å². The maximum Gasteiger partial charge on any atom is 0.315 e. The van der Waals surface area contributed by atoms with Gasteiger partial charge in [-0.1, -0.05) is 0 Å². The van der Waals surface area contributed by atoms with Gasteiger partial charge in [0.2, 0.25) is 0 Å². The summed E-state index contributed by atoms with van der Waals surface area (Å²) < 4.78 is 21.8. The lowest BCUT2D eigenvalue weighted by molar-refractivity contribution is 0.238. The Balaban J connectivity index is 2.24. The van der Waals surface area contributed by atoms with Gasteiger partial charge in [0.25, 0.3) is 0 Å². The highest BCUT2D eigenvalue weighted by Gasteiger charge is 2.24. The maximum absolute atomic E-state index is 11.2. The standard InChI is InChI=1S/C8H16N2O3S/c1-6(5-14(2,12)13)9-8(11)10-7-3-4-7/h6-7H,3-5H2,1-2H3,(H2,9,10,11). The fourth-order valence-corrected chi connectivity index (χ4v) is 2.17. The summed E-state index contributed by atoms with van der Waals surface area (Å²) >= 11 is 0. The van der Waals surface area contributed by atoms with Crippen molar-refractivity contribution in [3.8, 4) is 0 Å². The van der Waals surface area contributed by atoms with E-state index in [2.05, 4.69) is 10.6 Å². The molecule has 1 aliphatic carbocycles. The molecule has 82 valence electrons. The van der Waals surface area contributed by atoms with Gasteiger partial charge in [0, 0.05) is 18.3 Å². The van der Waals surface area contributed by atoms with E-state index in [1.165, 1.54) is 0 Å². The SMILES string of the molecule is CC(CS(C)(=O)=O)NC(=O)NC1CC1. The summed E-state index contributed by atoms with van der Waals surface area (Å²) in [5, 5.41) is 5.30. The number of rotatable bonds is 4. The van der Waals surface area contributed by atoms with Crippen LogP contribution in [-0.2, 0) is 9.84 Å². The third-order valence-corrected chi connectivity index (χ3v) is 2.95. The molecule has 0 aromatic heterocycles. The predicted octanol–water partition coefficient (Wildman–Crippen LogP) is -0.119. The molecule has 1 saturated carbocycles. The molecule has 1 atom stereocenters. The normalized spacial score (nSPS) is 18.7. The molecule has 0 saturated heterocycles. The third kappa shape index (κ3) is 5.06. The zero-order valence-electron chi connectivity index (χ0n) is 8.41. The van der Waals surface area contributed by atoms with Crippen LogP contribution in [0.15, 0.2) is 0 Å². The lowest BCUT2D eigenvalue weighted by Gasteiger charge is -2.13. The van der Waals surface area contributed by atoms with Gasteiger partial charge in [-0.2, -0.15) is 0 Å². The number of hydrogen-bond donors (Lipinski definition) is 2. The smallest absolute Gasteiger partial charge is 0.315 e. The first-order valence-corrected chi connectivity index (χ1v) is 6.67. The molecule has 0 bridgehead atoms. The zero-order valence-corrected chi connectivity index (χ0v) is 9.23. The number of hydrogen-bond acceptors (Lipinski definition) is 3. The summed E-state index contributed by atoms with van der Waals surface area (Å²) in [5.41, 5.74) is 0. The van der Waals surface area contributed by atoms with Crippen LogP contribution in [0.4, 0.5) is 4.79 Å². The Bertz CT molecular complexity index is 309. The lowest BCUT2D eigenvalue weighted by Crippen LogP contribution is -2.44. The van der Waals surface area contributed by atoms with Crippen LogP contribution in [0, 0.1) is 0 Å². The lowest BCUT2D eigenvalue weighted by atomic mass is 10.4. The highest BCUT2D eigenvalue weighted by molar-refractivity contribution is 7.90. The Labute approximate surface area is 84.2 Å². The molecule has 0 aromatic rings. The van der Waals surface area contributed by atoms with Crippen molar-refractivity contribution in [2.24, 2.45) is 0 Å². The zero-order chi connectivity index (χ0) is 10.8. The van der Waals surface area contributed by atoms with E-state index in [1.807, 2.05) is 0 Å². The summed E-state index contributed by atoms with van der Waals surface area (Å²) in [6.07, 6.45) is 3.20. The molecule has 5 nitrogen and oxygen atoms in total. The summed E-state index contributed by atoms with van der Waals surface area (Å²) in [6.45, 7) is 1.67. The van der Waals surface area contributed by atoms with Crippen LogP contribution in [-0.4, -0.2) is 38.5 Å². The minimum atomic E-state index is -3.02. The molecule has 0 aliphatic heterocycles. The monoisotopic (exact) mass is 220 g/mol. The van der Waals surface area contributed by atoms with Gasteiger partial charge in [-0.15, -0.1) is 0 Å². The molecule has 1 rings (SSSR count). The highest BCUT2D eigenvalue weighted by Crippen LogP contribution is 2.18. The van der Waals surface area contributed by atoms with Crippen molar-refractivity contribution in [2.45, 2.75) is 31.8 Å². The number of carbonyl (C=O) groups excluding carboxylic acids is 1. The molecular weight excluding hydrogens is 204 g/mol. The van der Waals surface area contributed by atoms with Gasteiger partial charge < -0.3 is 10.6 Å². The molecule has 0 radical (unpaired) electrons.